The van der Waals surface area contributed by atoms with Crippen LogP contribution in [0.4, 0.5) is 34.1 Å². The molecule has 390 valence electrons. The molecule has 0 aliphatic rings. The highest BCUT2D eigenvalue weighted by atomic mass is 16.3. The van der Waals surface area contributed by atoms with Crippen LogP contribution in [0.3, 0.4) is 0 Å². The quantitative estimate of drug-likeness (QED) is 0.0559. The summed E-state index contributed by atoms with van der Waals surface area (Å²) >= 11 is 0. The van der Waals surface area contributed by atoms with E-state index in [0.29, 0.717) is 75.4 Å². The molecule has 3 amide bonds. The van der Waals surface area contributed by atoms with Gasteiger partial charge < -0.3 is 42.0 Å². The van der Waals surface area contributed by atoms with Crippen LogP contribution in [0, 0.1) is 6.92 Å². The molecule has 0 spiro atoms. The highest BCUT2D eigenvalue weighted by molar-refractivity contribution is 6.07. The minimum atomic E-state index is -0.219. The lowest BCUT2D eigenvalue weighted by molar-refractivity contribution is 0.101. The molecule has 11 rings (SSSR count). The largest absolute Gasteiger partial charge is 0.464 e. The summed E-state index contributed by atoms with van der Waals surface area (Å²) in [5.41, 5.74) is 28.9. The second-order valence-corrected chi connectivity index (χ2v) is 18.1. The SMILES string of the molecule is C[C@@H](c1ccc(C(=O)Nc2ccccc2N)cc1)n1cccn1.Cc1cnn(Cc2ccc(C(=O)Nc3cc(-c4ccco4)ccc3N)cc2)c1.Nc1ccc(-c2ccco2)cc1NC(=O)c1ccc(Cn2cccn2)cc1. The van der Waals surface area contributed by atoms with Gasteiger partial charge in [-0.2, -0.15) is 15.3 Å². The van der Waals surface area contributed by atoms with E-state index in [1.54, 1.807) is 85.6 Å². The Kier molecular flexibility index (Phi) is 16.4. The molecule has 0 saturated carbocycles. The predicted molar refractivity (Wildman–Crippen MR) is 305 cm³/mol. The number of nitrogens with two attached hydrogens (primary N) is 3. The Hall–Kier alpha value is -10.7. The van der Waals surface area contributed by atoms with Crippen molar-refractivity contribution in [2.24, 2.45) is 0 Å². The first-order valence-corrected chi connectivity index (χ1v) is 24.8. The second-order valence-electron chi connectivity index (χ2n) is 18.1. The molecule has 11 aromatic rings. The van der Waals surface area contributed by atoms with Gasteiger partial charge in [-0.25, -0.2) is 0 Å². The zero-order valence-electron chi connectivity index (χ0n) is 42.7. The number of nitrogen functional groups attached to an aromatic ring is 3. The Bertz CT molecular complexity index is 3700. The van der Waals surface area contributed by atoms with Crippen LogP contribution >= 0.6 is 0 Å². The molecule has 0 fully saturated rings. The molecule has 6 aromatic carbocycles. The fraction of sp³-hybridized carbons (Fsp3) is 0.0820. The number of rotatable bonds is 14. The molecule has 0 bridgehead atoms. The van der Waals surface area contributed by atoms with E-state index < -0.39 is 0 Å². The molecular weight excluding hydrogens is 981 g/mol. The number of para-hydroxylation sites is 2. The molecule has 17 nitrogen and oxygen atoms in total. The number of hydrogen-bond acceptors (Lipinski definition) is 11. The first-order valence-electron chi connectivity index (χ1n) is 24.8. The van der Waals surface area contributed by atoms with Gasteiger partial charge in [-0.1, -0.05) is 48.5 Å². The molecule has 17 heteroatoms. The fourth-order valence-corrected chi connectivity index (χ4v) is 8.14. The van der Waals surface area contributed by atoms with E-state index in [1.807, 2.05) is 155 Å². The van der Waals surface area contributed by atoms with E-state index in [-0.39, 0.29) is 23.8 Å². The number of anilines is 6. The number of carbonyl (C=O) groups is 3. The third kappa shape index (κ3) is 13.5. The Morgan fingerprint density at radius 3 is 1.46 bits per heavy atom. The third-order valence-corrected chi connectivity index (χ3v) is 12.4. The lowest BCUT2D eigenvalue weighted by Crippen LogP contribution is -2.13. The number of hydrogen-bond donors (Lipinski definition) is 6. The van der Waals surface area contributed by atoms with Gasteiger partial charge in [0.05, 0.1) is 72.0 Å². The third-order valence-electron chi connectivity index (χ3n) is 12.4. The Balaban J connectivity index is 0.000000143. The van der Waals surface area contributed by atoms with Crippen molar-refractivity contribution in [2.75, 3.05) is 33.2 Å². The minimum Gasteiger partial charge on any atom is -0.464 e. The highest BCUT2D eigenvalue weighted by Gasteiger charge is 2.15. The van der Waals surface area contributed by atoms with E-state index in [1.165, 1.54) is 0 Å². The van der Waals surface area contributed by atoms with Gasteiger partial charge in [0.1, 0.15) is 11.5 Å². The number of carbonyl (C=O) groups excluding carboxylic acids is 3. The van der Waals surface area contributed by atoms with Crippen LogP contribution in [0.5, 0.6) is 0 Å². The zero-order valence-corrected chi connectivity index (χ0v) is 42.7. The fourth-order valence-electron chi connectivity index (χ4n) is 8.14. The average molecular weight is 1040 g/mol. The van der Waals surface area contributed by atoms with Gasteiger partial charge in [0.25, 0.3) is 17.7 Å². The molecule has 5 aromatic heterocycles. The average Bonchev–Trinajstić information content (AvgIpc) is 4.34. The molecule has 9 N–H and O–H groups in total. The van der Waals surface area contributed by atoms with Crippen molar-refractivity contribution in [1.29, 1.82) is 0 Å². The van der Waals surface area contributed by atoms with E-state index >= 15 is 0 Å². The van der Waals surface area contributed by atoms with Crippen molar-refractivity contribution in [3.63, 3.8) is 0 Å². The summed E-state index contributed by atoms with van der Waals surface area (Å²) in [4.78, 5) is 37.5. The minimum absolute atomic E-state index is 0.117. The number of benzene rings is 6. The van der Waals surface area contributed by atoms with Crippen LogP contribution in [0.15, 0.2) is 228 Å². The van der Waals surface area contributed by atoms with Crippen LogP contribution in [0.1, 0.15) is 66.3 Å². The number of nitrogens with zero attached hydrogens (tertiary/aromatic N) is 6. The smallest absolute Gasteiger partial charge is 0.255 e. The van der Waals surface area contributed by atoms with Crippen LogP contribution in [0.2, 0.25) is 0 Å². The van der Waals surface area contributed by atoms with Crippen LogP contribution in [-0.2, 0) is 13.1 Å². The summed E-state index contributed by atoms with van der Waals surface area (Å²) in [6.45, 7) is 5.39. The van der Waals surface area contributed by atoms with Gasteiger partial charge in [-0.05, 0) is 157 Å². The maximum absolute atomic E-state index is 12.6. The molecule has 0 saturated heterocycles. The molecule has 0 aliphatic carbocycles. The van der Waals surface area contributed by atoms with Gasteiger partial charge >= 0.3 is 0 Å². The zero-order chi connectivity index (χ0) is 54.4. The molecule has 78 heavy (non-hydrogen) atoms. The topological polar surface area (TPSA) is 245 Å². The van der Waals surface area contributed by atoms with Crippen molar-refractivity contribution >= 4 is 51.8 Å². The number of aryl methyl sites for hydroxylation is 1. The van der Waals surface area contributed by atoms with E-state index in [2.05, 4.69) is 38.2 Å². The maximum Gasteiger partial charge on any atom is 0.255 e. The van der Waals surface area contributed by atoms with Gasteiger partial charge in [0.15, 0.2) is 0 Å². The van der Waals surface area contributed by atoms with Crippen LogP contribution in [0.25, 0.3) is 22.6 Å². The molecule has 0 aliphatic heterocycles. The van der Waals surface area contributed by atoms with Crippen molar-refractivity contribution in [3.05, 3.63) is 259 Å². The van der Waals surface area contributed by atoms with Gasteiger partial charge in [-0.15, -0.1) is 0 Å². The second kappa shape index (κ2) is 24.6. The summed E-state index contributed by atoms with van der Waals surface area (Å²) in [6.07, 6.45) is 14.3. The number of furan rings is 2. The van der Waals surface area contributed by atoms with Crippen molar-refractivity contribution in [2.45, 2.75) is 33.0 Å². The lowest BCUT2D eigenvalue weighted by Gasteiger charge is -2.13. The first-order chi connectivity index (χ1) is 37.9. The summed E-state index contributed by atoms with van der Waals surface area (Å²) < 4.78 is 16.4. The summed E-state index contributed by atoms with van der Waals surface area (Å²) in [5.74, 6) is 0.817. The normalized spacial score (nSPS) is 11.1. The van der Waals surface area contributed by atoms with E-state index in [4.69, 9.17) is 26.0 Å². The summed E-state index contributed by atoms with van der Waals surface area (Å²) in [7, 11) is 0. The molecule has 0 unspecified atom stereocenters. The predicted octanol–water partition coefficient (Wildman–Crippen LogP) is 11.7. The van der Waals surface area contributed by atoms with E-state index in [9.17, 15) is 14.4 Å². The molecule has 1 atom stereocenters. The Labute approximate surface area is 449 Å². The molecule has 5 heterocycles. The molecule has 0 radical (unpaired) electrons. The van der Waals surface area contributed by atoms with Crippen LogP contribution < -0.4 is 33.2 Å². The molecular formula is C61H56N12O5. The van der Waals surface area contributed by atoms with Gasteiger partial charge in [0.2, 0.25) is 0 Å². The Morgan fingerprint density at radius 1 is 0.513 bits per heavy atom. The van der Waals surface area contributed by atoms with Crippen molar-refractivity contribution in [1.82, 2.24) is 29.3 Å². The Morgan fingerprint density at radius 2 is 1.00 bits per heavy atom. The van der Waals surface area contributed by atoms with Crippen LogP contribution in [-0.4, -0.2) is 47.1 Å². The number of aromatic nitrogens is 6. The standard InChI is InChI=1S/C22H20N4O2.C21H18N4O2.C18H18N4O/c1-15-12-24-26(13-15)14-16-4-6-17(7-5-16)22(27)25-20-11-18(8-9-19(20)23)21-3-2-10-28-21;22-18-9-8-17(20-3-1-12-27-20)13-19(18)24-21(26)16-6-4-15(5-7-16)14-25-11-2-10-23-25;1-13(22-12-4-11-20-22)14-7-9-15(10-8-14)18(23)21-17-6-3-2-5-16(17)19/h2-13H,14,23H2,1H3,(H,25,27);1-13H,14,22H2,(H,24,26);2-13H,19H2,1H3,(H,21,23)/t;;13-/m..0/s1. The van der Waals surface area contributed by atoms with Crippen molar-refractivity contribution in [3.8, 4) is 22.6 Å². The number of amides is 3. The maximum atomic E-state index is 12.6. The monoisotopic (exact) mass is 1040 g/mol. The van der Waals surface area contributed by atoms with E-state index in [0.717, 1.165) is 33.4 Å². The highest BCUT2D eigenvalue weighted by Crippen LogP contribution is 2.30. The lowest BCUT2D eigenvalue weighted by atomic mass is 10.1. The van der Waals surface area contributed by atoms with Crippen molar-refractivity contribution < 1.29 is 23.2 Å². The summed E-state index contributed by atoms with van der Waals surface area (Å²) in [5, 5.41) is 21.3. The number of nitrogens with one attached hydrogen (secondary N) is 3. The first kappa shape index (κ1) is 52.2. The summed E-state index contributed by atoms with van der Waals surface area (Å²) in [6, 6.07) is 51.6. The van der Waals surface area contributed by atoms with Gasteiger partial charge in [0, 0.05) is 58.8 Å². The van der Waals surface area contributed by atoms with Gasteiger partial charge in [-0.3, -0.25) is 28.4 Å².